The van der Waals surface area contributed by atoms with E-state index in [0.717, 1.165) is 15.6 Å². The minimum atomic E-state index is -0.469. The van der Waals surface area contributed by atoms with Crippen LogP contribution in [0.5, 0.6) is 0 Å². The molecule has 1 saturated heterocycles. The zero-order valence-corrected chi connectivity index (χ0v) is 14.3. The van der Waals surface area contributed by atoms with Crippen LogP contribution in [0.1, 0.15) is 20.8 Å². The molecule has 1 N–H and O–H groups in total. The van der Waals surface area contributed by atoms with Crippen LogP contribution in [0.3, 0.4) is 0 Å². The molecule has 1 aromatic carbocycles. The van der Waals surface area contributed by atoms with Gasteiger partial charge in [-0.25, -0.2) is 4.79 Å². The van der Waals surface area contributed by atoms with Crippen molar-refractivity contribution >= 4 is 39.1 Å². The minimum absolute atomic E-state index is 0.129. The van der Waals surface area contributed by atoms with Crippen molar-refractivity contribution in [2.45, 2.75) is 32.4 Å². The first-order valence-electron chi connectivity index (χ1n) is 7.11. The van der Waals surface area contributed by atoms with Gasteiger partial charge in [-0.1, -0.05) is 15.9 Å². The van der Waals surface area contributed by atoms with E-state index in [9.17, 15) is 4.79 Å². The first-order chi connectivity index (χ1) is 10.3. The Labute approximate surface area is 136 Å². The summed E-state index contributed by atoms with van der Waals surface area (Å²) in [6.45, 7) is 6.74. The summed E-state index contributed by atoms with van der Waals surface area (Å²) in [6, 6.07) is 6.28. The second-order valence-corrected chi connectivity index (χ2v) is 7.27. The topological polar surface area (TPSA) is 67.6 Å². The van der Waals surface area contributed by atoms with Crippen LogP contribution in [-0.2, 0) is 4.74 Å². The fraction of sp³-hybridized carbons (Fsp3) is 0.467. The number of aromatic nitrogens is 1. The molecular weight excluding hydrogens is 350 g/mol. The van der Waals surface area contributed by atoms with E-state index < -0.39 is 5.60 Å². The Bertz CT molecular complexity index is 702. The van der Waals surface area contributed by atoms with Gasteiger partial charge in [0.1, 0.15) is 11.1 Å². The molecule has 1 aromatic heterocycles. The highest BCUT2D eigenvalue weighted by molar-refractivity contribution is 9.10. The molecule has 7 heteroatoms. The lowest BCUT2D eigenvalue weighted by molar-refractivity contribution is 0.0103. The number of amides is 1. The van der Waals surface area contributed by atoms with Gasteiger partial charge in [0, 0.05) is 17.6 Å². The van der Waals surface area contributed by atoms with Gasteiger partial charge >= 0.3 is 6.09 Å². The summed E-state index contributed by atoms with van der Waals surface area (Å²) in [5.74, 6) is 0. The summed E-state index contributed by atoms with van der Waals surface area (Å²) in [7, 11) is 0. The van der Waals surface area contributed by atoms with E-state index in [1.807, 2.05) is 39.0 Å². The van der Waals surface area contributed by atoms with E-state index in [-0.39, 0.29) is 12.1 Å². The van der Waals surface area contributed by atoms with Crippen molar-refractivity contribution in [2.24, 2.45) is 0 Å². The molecule has 6 nitrogen and oxygen atoms in total. The number of nitrogens with zero attached hydrogens (tertiary/aromatic N) is 2. The number of carbonyl (C=O) groups is 1. The number of hydrogen-bond acceptors (Lipinski definition) is 5. The van der Waals surface area contributed by atoms with Crippen LogP contribution in [0.2, 0.25) is 0 Å². The number of anilines is 1. The standard InChI is InChI=1S/C15H18BrN3O3/c1-15(2,3)22-14(20)19-7-10(8-19)17-13-18-11-6-9(16)4-5-12(11)21-13/h4-6,10H,7-8H2,1-3H3,(H,17,18). The van der Waals surface area contributed by atoms with Crippen molar-refractivity contribution in [1.82, 2.24) is 9.88 Å². The number of nitrogens with one attached hydrogen (secondary N) is 1. The van der Waals surface area contributed by atoms with Crippen molar-refractivity contribution in [3.8, 4) is 0 Å². The van der Waals surface area contributed by atoms with Crippen LogP contribution in [0, 0.1) is 0 Å². The molecule has 0 atom stereocenters. The number of benzene rings is 1. The zero-order valence-electron chi connectivity index (χ0n) is 12.7. The second-order valence-electron chi connectivity index (χ2n) is 6.36. The molecule has 2 heterocycles. The van der Waals surface area contributed by atoms with Crippen LogP contribution < -0.4 is 5.32 Å². The zero-order chi connectivity index (χ0) is 15.9. The molecule has 118 valence electrons. The van der Waals surface area contributed by atoms with E-state index in [0.29, 0.717) is 19.1 Å². The number of rotatable bonds is 2. The van der Waals surface area contributed by atoms with E-state index >= 15 is 0 Å². The molecule has 2 aromatic rings. The summed E-state index contributed by atoms with van der Waals surface area (Å²) in [5, 5.41) is 3.19. The number of likely N-dealkylation sites (tertiary alicyclic amines) is 1. The molecule has 22 heavy (non-hydrogen) atoms. The summed E-state index contributed by atoms with van der Waals surface area (Å²) < 4.78 is 11.9. The molecule has 0 radical (unpaired) electrons. The van der Waals surface area contributed by atoms with Gasteiger partial charge in [-0.3, -0.25) is 0 Å². The van der Waals surface area contributed by atoms with Gasteiger partial charge in [0.05, 0.1) is 6.04 Å². The Morgan fingerprint density at radius 1 is 1.45 bits per heavy atom. The fourth-order valence-electron chi connectivity index (χ4n) is 2.18. The van der Waals surface area contributed by atoms with E-state index in [4.69, 9.17) is 9.15 Å². The normalized spacial score (nSPS) is 15.7. The summed E-state index contributed by atoms with van der Waals surface area (Å²) in [6.07, 6.45) is -0.285. The predicted octanol–water partition coefficient (Wildman–Crippen LogP) is 3.62. The third kappa shape index (κ3) is 3.35. The number of carbonyl (C=O) groups excluding carboxylic acids is 1. The lowest BCUT2D eigenvalue weighted by Crippen LogP contribution is -2.57. The van der Waals surface area contributed by atoms with Gasteiger partial charge in [-0.2, -0.15) is 4.98 Å². The maximum atomic E-state index is 11.8. The van der Waals surface area contributed by atoms with Gasteiger partial charge in [-0.05, 0) is 39.0 Å². The molecule has 1 aliphatic heterocycles. The van der Waals surface area contributed by atoms with Gasteiger partial charge in [0.15, 0.2) is 5.58 Å². The highest BCUT2D eigenvalue weighted by atomic mass is 79.9. The molecule has 1 amide bonds. The molecule has 0 bridgehead atoms. The largest absolute Gasteiger partial charge is 0.444 e. The van der Waals surface area contributed by atoms with Crippen LogP contribution >= 0.6 is 15.9 Å². The molecule has 0 spiro atoms. The quantitative estimate of drug-likeness (QED) is 0.877. The monoisotopic (exact) mass is 367 g/mol. The van der Waals surface area contributed by atoms with Crippen LogP contribution in [0.4, 0.5) is 10.8 Å². The average molecular weight is 368 g/mol. The summed E-state index contributed by atoms with van der Waals surface area (Å²) >= 11 is 3.40. The third-order valence-electron chi connectivity index (χ3n) is 3.21. The molecule has 1 fully saturated rings. The van der Waals surface area contributed by atoms with Crippen LogP contribution in [0.15, 0.2) is 27.1 Å². The number of hydrogen-bond donors (Lipinski definition) is 1. The van der Waals surface area contributed by atoms with Crippen molar-refractivity contribution in [1.29, 1.82) is 0 Å². The number of oxazole rings is 1. The predicted molar refractivity (Wildman–Crippen MR) is 86.9 cm³/mol. The highest BCUT2D eigenvalue weighted by Gasteiger charge is 2.34. The maximum absolute atomic E-state index is 11.8. The highest BCUT2D eigenvalue weighted by Crippen LogP contribution is 2.24. The minimum Gasteiger partial charge on any atom is -0.444 e. The van der Waals surface area contributed by atoms with Gasteiger partial charge < -0.3 is 19.4 Å². The lowest BCUT2D eigenvalue weighted by Gasteiger charge is -2.39. The Balaban J connectivity index is 1.56. The Morgan fingerprint density at radius 3 is 2.86 bits per heavy atom. The van der Waals surface area contributed by atoms with Gasteiger partial charge in [-0.15, -0.1) is 0 Å². The smallest absolute Gasteiger partial charge is 0.410 e. The molecule has 1 aliphatic rings. The Hall–Kier alpha value is -1.76. The van der Waals surface area contributed by atoms with Crippen LogP contribution in [0.25, 0.3) is 11.1 Å². The fourth-order valence-corrected chi connectivity index (χ4v) is 2.53. The summed E-state index contributed by atoms with van der Waals surface area (Å²) in [5.41, 5.74) is 1.05. The molecular formula is C15H18BrN3O3. The summed E-state index contributed by atoms with van der Waals surface area (Å²) in [4.78, 5) is 17.9. The van der Waals surface area contributed by atoms with E-state index in [1.54, 1.807) is 4.90 Å². The molecule has 3 rings (SSSR count). The number of ether oxygens (including phenoxy) is 1. The molecule has 0 unspecified atom stereocenters. The van der Waals surface area contributed by atoms with Crippen molar-refractivity contribution < 1.29 is 13.9 Å². The SMILES string of the molecule is CC(C)(C)OC(=O)N1CC(Nc2nc3cc(Br)ccc3o2)C1. The first kappa shape index (κ1) is 15.1. The maximum Gasteiger partial charge on any atom is 0.410 e. The Kier molecular flexibility index (Phi) is 3.76. The van der Waals surface area contributed by atoms with E-state index in [2.05, 4.69) is 26.2 Å². The lowest BCUT2D eigenvalue weighted by atomic mass is 10.1. The first-order valence-corrected chi connectivity index (χ1v) is 7.90. The second kappa shape index (κ2) is 5.46. The van der Waals surface area contributed by atoms with Gasteiger partial charge in [0.25, 0.3) is 6.01 Å². The van der Waals surface area contributed by atoms with Crippen molar-refractivity contribution in [3.05, 3.63) is 22.7 Å². The van der Waals surface area contributed by atoms with Gasteiger partial charge in [0.2, 0.25) is 0 Å². The van der Waals surface area contributed by atoms with E-state index in [1.165, 1.54) is 0 Å². The third-order valence-corrected chi connectivity index (χ3v) is 3.70. The van der Waals surface area contributed by atoms with Crippen LogP contribution in [-0.4, -0.2) is 40.7 Å². The number of halogens is 1. The van der Waals surface area contributed by atoms with Crippen molar-refractivity contribution in [2.75, 3.05) is 18.4 Å². The molecule has 0 aliphatic carbocycles. The van der Waals surface area contributed by atoms with Crippen molar-refractivity contribution in [3.63, 3.8) is 0 Å². The number of fused-ring (bicyclic) bond motifs is 1. The molecule has 0 saturated carbocycles. The average Bonchev–Trinajstić information content (AvgIpc) is 2.72. The Morgan fingerprint density at radius 2 is 2.18 bits per heavy atom.